The van der Waals surface area contributed by atoms with Crippen LogP contribution in [0, 0.1) is 17.2 Å². The average Bonchev–Trinajstić information content (AvgIpc) is 2.92. The molecule has 0 spiro atoms. The van der Waals surface area contributed by atoms with Gasteiger partial charge in [0.2, 0.25) is 10.0 Å². The van der Waals surface area contributed by atoms with Crippen LogP contribution in [0.1, 0.15) is 18.9 Å². The molecule has 2 atom stereocenters. The van der Waals surface area contributed by atoms with E-state index >= 15 is 0 Å². The summed E-state index contributed by atoms with van der Waals surface area (Å²) >= 11 is 0. The van der Waals surface area contributed by atoms with Gasteiger partial charge in [-0.25, -0.2) is 13.1 Å². The van der Waals surface area contributed by atoms with Crippen LogP contribution in [0.2, 0.25) is 0 Å². The van der Waals surface area contributed by atoms with Crippen LogP contribution in [-0.2, 0) is 14.8 Å². The van der Waals surface area contributed by atoms with Gasteiger partial charge in [0.15, 0.2) is 0 Å². The summed E-state index contributed by atoms with van der Waals surface area (Å²) in [5.41, 5.74) is 0.441. The Morgan fingerprint density at radius 3 is 2.63 bits per heavy atom. The van der Waals surface area contributed by atoms with Crippen molar-refractivity contribution in [1.82, 2.24) is 4.72 Å². The average molecular weight is 280 g/mol. The lowest BCUT2D eigenvalue weighted by Crippen LogP contribution is -2.38. The van der Waals surface area contributed by atoms with E-state index in [2.05, 4.69) is 4.72 Å². The molecule has 102 valence electrons. The van der Waals surface area contributed by atoms with E-state index in [1.165, 1.54) is 24.3 Å². The highest BCUT2D eigenvalue weighted by molar-refractivity contribution is 7.89. The maximum atomic E-state index is 12.2. The monoisotopic (exact) mass is 280 g/mol. The normalized spacial score (nSPS) is 20.9. The van der Waals surface area contributed by atoms with Crippen molar-refractivity contribution < 1.29 is 13.2 Å². The third kappa shape index (κ3) is 3.32. The first-order chi connectivity index (χ1) is 9.03. The van der Waals surface area contributed by atoms with Crippen molar-refractivity contribution in [3.05, 3.63) is 29.8 Å². The van der Waals surface area contributed by atoms with E-state index in [9.17, 15) is 8.42 Å². The molecule has 0 radical (unpaired) electrons. The van der Waals surface area contributed by atoms with E-state index in [1.54, 1.807) is 0 Å². The summed E-state index contributed by atoms with van der Waals surface area (Å²) in [7, 11) is -3.54. The van der Waals surface area contributed by atoms with Gasteiger partial charge in [-0.1, -0.05) is 0 Å². The molecule has 0 saturated carbocycles. The van der Waals surface area contributed by atoms with E-state index < -0.39 is 10.0 Å². The highest BCUT2D eigenvalue weighted by atomic mass is 32.2. The molecule has 0 bridgehead atoms. The van der Waals surface area contributed by atoms with Gasteiger partial charge in [-0.15, -0.1) is 0 Å². The Morgan fingerprint density at radius 2 is 2.11 bits per heavy atom. The summed E-state index contributed by atoms with van der Waals surface area (Å²) in [5, 5.41) is 8.69. The van der Waals surface area contributed by atoms with E-state index in [4.69, 9.17) is 10.00 Å². The molecule has 0 aromatic heterocycles. The van der Waals surface area contributed by atoms with E-state index in [1.807, 2.05) is 13.0 Å². The van der Waals surface area contributed by atoms with Crippen molar-refractivity contribution in [3.63, 3.8) is 0 Å². The molecule has 1 aromatic rings. The van der Waals surface area contributed by atoms with Crippen LogP contribution < -0.4 is 4.72 Å². The molecule has 1 N–H and O–H groups in total. The largest absolute Gasteiger partial charge is 0.381 e. The molecule has 1 aliphatic rings. The van der Waals surface area contributed by atoms with Gasteiger partial charge in [0, 0.05) is 18.6 Å². The number of hydrogen-bond donors (Lipinski definition) is 1. The lowest BCUT2D eigenvalue weighted by atomic mass is 10.0. The maximum absolute atomic E-state index is 12.2. The van der Waals surface area contributed by atoms with Gasteiger partial charge in [0.1, 0.15) is 0 Å². The lowest BCUT2D eigenvalue weighted by Gasteiger charge is -2.19. The molecule has 0 amide bonds. The molecule has 6 heteroatoms. The van der Waals surface area contributed by atoms with E-state index in [-0.39, 0.29) is 16.9 Å². The number of nitrogens with zero attached hydrogens (tertiary/aromatic N) is 1. The lowest BCUT2D eigenvalue weighted by molar-refractivity contribution is 0.180. The fourth-order valence-electron chi connectivity index (χ4n) is 2.06. The van der Waals surface area contributed by atoms with Crippen LogP contribution in [0.3, 0.4) is 0 Å². The van der Waals surface area contributed by atoms with Gasteiger partial charge in [-0.3, -0.25) is 0 Å². The molecule has 2 rings (SSSR count). The number of nitrogens with one attached hydrogen (secondary N) is 1. The second kappa shape index (κ2) is 5.70. The summed E-state index contributed by atoms with van der Waals surface area (Å²) in [6, 6.07) is 7.68. The zero-order valence-corrected chi connectivity index (χ0v) is 11.5. The first-order valence-electron chi connectivity index (χ1n) is 6.13. The number of benzene rings is 1. The van der Waals surface area contributed by atoms with Crippen molar-refractivity contribution in [2.45, 2.75) is 24.3 Å². The summed E-state index contributed by atoms with van der Waals surface area (Å²) in [5.74, 6) is 0.216. The number of rotatable bonds is 4. The van der Waals surface area contributed by atoms with Gasteiger partial charge in [0.25, 0.3) is 0 Å². The molecule has 1 fully saturated rings. The summed E-state index contributed by atoms with van der Waals surface area (Å²) in [6.07, 6.45) is 0.872. The standard InChI is InChI=1S/C13H16N2O3S/c1-10(12-6-7-18-9-12)15-19(16,17)13-4-2-11(8-14)3-5-13/h2-5,10,12,15H,6-7,9H2,1H3. The third-order valence-corrected chi connectivity index (χ3v) is 4.88. The Labute approximate surface area is 113 Å². The first kappa shape index (κ1) is 14.0. The van der Waals surface area contributed by atoms with E-state index in [0.717, 1.165) is 6.42 Å². The van der Waals surface area contributed by atoms with Crippen LogP contribution >= 0.6 is 0 Å². The number of ether oxygens (including phenoxy) is 1. The molecule has 1 aliphatic heterocycles. The number of nitriles is 1. The van der Waals surface area contributed by atoms with Gasteiger partial charge in [-0.2, -0.15) is 5.26 Å². The molecule has 1 saturated heterocycles. The van der Waals surface area contributed by atoms with Crippen LogP contribution in [0.4, 0.5) is 0 Å². The quantitative estimate of drug-likeness (QED) is 0.900. The maximum Gasteiger partial charge on any atom is 0.240 e. The van der Waals surface area contributed by atoms with Gasteiger partial charge in [0.05, 0.1) is 23.1 Å². The molecule has 1 heterocycles. The topological polar surface area (TPSA) is 79.2 Å². The second-order valence-corrected chi connectivity index (χ2v) is 6.38. The van der Waals surface area contributed by atoms with Crippen molar-refractivity contribution in [1.29, 1.82) is 5.26 Å². The highest BCUT2D eigenvalue weighted by Gasteiger charge is 2.26. The Kier molecular flexibility index (Phi) is 4.20. The van der Waals surface area contributed by atoms with Crippen LogP contribution in [0.5, 0.6) is 0 Å². The Balaban J connectivity index is 2.10. The predicted octanol–water partition coefficient (Wildman–Crippen LogP) is 1.26. The minimum absolute atomic E-state index is 0.164. The van der Waals surface area contributed by atoms with Gasteiger partial charge in [-0.05, 0) is 37.6 Å². The summed E-state index contributed by atoms with van der Waals surface area (Å²) in [6.45, 7) is 3.13. The summed E-state index contributed by atoms with van der Waals surface area (Å²) < 4.78 is 32.2. The fraction of sp³-hybridized carbons (Fsp3) is 0.462. The molecule has 1 aromatic carbocycles. The smallest absolute Gasteiger partial charge is 0.240 e. The van der Waals surface area contributed by atoms with Gasteiger partial charge >= 0.3 is 0 Å². The zero-order chi connectivity index (χ0) is 13.9. The molecular formula is C13H16N2O3S. The summed E-state index contributed by atoms with van der Waals surface area (Å²) in [4.78, 5) is 0.178. The zero-order valence-electron chi connectivity index (χ0n) is 10.7. The minimum Gasteiger partial charge on any atom is -0.381 e. The Morgan fingerprint density at radius 1 is 1.42 bits per heavy atom. The molecule has 2 unspecified atom stereocenters. The highest BCUT2D eigenvalue weighted by Crippen LogP contribution is 2.19. The van der Waals surface area contributed by atoms with Crippen LogP contribution in [-0.4, -0.2) is 27.7 Å². The second-order valence-electron chi connectivity index (χ2n) is 4.67. The molecular weight excluding hydrogens is 264 g/mol. The Hall–Kier alpha value is -1.42. The number of hydrogen-bond acceptors (Lipinski definition) is 4. The van der Waals surface area contributed by atoms with Gasteiger partial charge < -0.3 is 4.74 Å². The fourth-order valence-corrected chi connectivity index (χ4v) is 3.38. The van der Waals surface area contributed by atoms with Crippen molar-refractivity contribution in [2.75, 3.05) is 13.2 Å². The van der Waals surface area contributed by atoms with Crippen molar-refractivity contribution in [3.8, 4) is 6.07 Å². The van der Waals surface area contributed by atoms with Crippen molar-refractivity contribution >= 4 is 10.0 Å². The third-order valence-electron chi connectivity index (χ3n) is 3.31. The molecule has 5 nitrogen and oxygen atoms in total. The SMILES string of the molecule is CC(NS(=O)(=O)c1ccc(C#N)cc1)C1CCOC1. The molecule has 19 heavy (non-hydrogen) atoms. The minimum atomic E-state index is -3.54. The predicted molar refractivity (Wildman–Crippen MR) is 69.9 cm³/mol. The first-order valence-corrected chi connectivity index (χ1v) is 7.61. The Bertz CT molecular complexity index is 569. The van der Waals surface area contributed by atoms with Crippen molar-refractivity contribution in [2.24, 2.45) is 5.92 Å². The molecule has 0 aliphatic carbocycles. The van der Waals surface area contributed by atoms with Crippen LogP contribution in [0.25, 0.3) is 0 Å². The van der Waals surface area contributed by atoms with E-state index in [0.29, 0.717) is 18.8 Å². The number of sulfonamides is 1. The van der Waals surface area contributed by atoms with Crippen LogP contribution in [0.15, 0.2) is 29.2 Å².